The maximum atomic E-state index is 11.2. The van der Waals surface area contributed by atoms with E-state index in [4.69, 9.17) is 0 Å². The molecule has 0 saturated heterocycles. The van der Waals surface area contributed by atoms with Crippen molar-refractivity contribution in [2.75, 3.05) is 0 Å². The number of nitrogens with zero attached hydrogens (tertiary/aromatic N) is 1. The van der Waals surface area contributed by atoms with E-state index in [9.17, 15) is 15.2 Å². The first-order valence-electron chi connectivity index (χ1n) is 10.6. The van der Waals surface area contributed by atoms with E-state index in [0.717, 1.165) is 4.44 Å². The summed E-state index contributed by atoms with van der Waals surface area (Å²) < 4.78 is 5.43. The van der Waals surface area contributed by atoms with Crippen LogP contribution in [-0.2, 0) is 0 Å². The van der Waals surface area contributed by atoms with Gasteiger partial charge in [-0.15, -0.1) is 0 Å². The van der Waals surface area contributed by atoms with Gasteiger partial charge in [0.2, 0.25) is 0 Å². The molecule has 0 radical (unpaired) electrons. The summed E-state index contributed by atoms with van der Waals surface area (Å²) in [5.41, 5.74) is 0.377. The number of unbranched alkanes of at least 4 members (excludes halogenated alkanes) is 3. The first-order chi connectivity index (χ1) is 13.0. The Morgan fingerprint density at radius 3 is 2.04 bits per heavy atom. The Morgan fingerprint density at radius 2 is 1.56 bits per heavy atom. The zero-order valence-electron chi connectivity index (χ0n) is 17.3. The second-order valence-corrected chi connectivity index (χ2v) is 21.7. The van der Waals surface area contributed by atoms with Crippen molar-refractivity contribution in [3.8, 4) is 0 Å². The van der Waals surface area contributed by atoms with Crippen LogP contribution in [0.1, 0.15) is 71.0 Å². The summed E-state index contributed by atoms with van der Waals surface area (Å²) in [5.74, 6) is 0. The predicted octanol–water partition coefficient (Wildman–Crippen LogP) is 7.03. The Bertz CT molecular complexity index is 567. The Morgan fingerprint density at radius 1 is 1.04 bits per heavy atom. The van der Waals surface area contributed by atoms with Crippen LogP contribution in [0.3, 0.4) is 0 Å². The molecule has 152 valence electrons. The summed E-state index contributed by atoms with van der Waals surface area (Å²) in [6, 6.07) is 6.49. The fourth-order valence-corrected chi connectivity index (χ4v) is 18.9. The molecule has 0 aromatic heterocycles. The second-order valence-electron chi connectivity index (χ2n) is 7.70. The van der Waals surface area contributed by atoms with E-state index in [2.05, 4.69) is 26.8 Å². The number of allylic oxidation sites excluding steroid dienone is 1. The molecule has 5 heteroatoms. The molecule has 0 spiro atoms. The maximum absolute atomic E-state index is 11.2. The van der Waals surface area contributed by atoms with Gasteiger partial charge in [0.25, 0.3) is 0 Å². The van der Waals surface area contributed by atoms with Crippen LogP contribution in [-0.4, -0.2) is 28.4 Å². The van der Waals surface area contributed by atoms with Gasteiger partial charge in [-0.2, -0.15) is 0 Å². The second kappa shape index (κ2) is 13.3. The third-order valence-electron chi connectivity index (χ3n) is 5.50. The topological polar surface area (TPSA) is 63.4 Å². The molecule has 1 unspecified atom stereocenters. The SMILES string of the molecule is CCC[CH2][Sn]([CH2]/C=C/C(O)c1ccccc1[N+](=O)[O-])([CH2]CCC)[CH2]CCC. The zero-order chi connectivity index (χ0) is 20.1. The third-order valence-corrected chi connectivity index (χ3v) is 20.8. The van der Waals surface area contributed by atoms with Crippen LogP contribution in [0, 0.1) is 10.1 Å². The molecule has 1 atom stereocenters. The number of nitro benzene ring substituents is 1. The normalized spacial score (nSPS) is 13.2. The van der Waals surface area contributed by atoms with Crippen molar-refractivity contribution >= 4 is 24.1 Å². The molecule has 0 bridgehead atoms. The molecule has 0 aliphatic rings. The summed E-state index contributed by atoms with van der Waals surface area (Å²) in [7, 11) is 0. The van der Waals surface area contributed by atoms with Crippen LogP contribution in [0.25, 0.3) is 0 Å². The van der Waals surface area contributed by atoms with Crippen LogP contribution in [0.4, 0.5) is 5.69 Å². The van der Waals surface area contributed by atoms with Gasteiger partial charge in [-0.3, -0.25) is 0 Å². The average molecular weight is 482 g/mol. The molecular weight excluding hydrogens is 445 g/mol. The van der Waals surface area contributed by atoms with Crippen LogP contribution in [0.2, 0.25) is 17.7 Å². The third kappa shape index (κ3) is 8.34. The van der Waals surface area contributed by atoms with Gasteiger partial charge in [0.15, 0.2) is 0 Å². The number of hydrogen-bond donors (Lipinski definition) is 1. The van der Waals surface area contributed by atoms with E-state index >= 15 is 0 Å². The number of benzene rings is 1. The molecule has 1 aromatic carbocycles. The van der Waals surface area contributed by atoms with Gasteiger partial charge in [0.05, 0.1) is 0 Å². The minimum atomic E-state index is -2.26. The Balaban J connectivity index is 2.92. The van der Waals surface area contributed by atoms with Gasteiger partial charge in [-0.1, -0.05) is 0 Å². The van der Waals surface area contributed by atoms with Crippen molar-refractivity contribution in [3.05, 3.63) is 52.1 Å². The number of hydrogen-bond acceptors (Lipinski definition) is 3. The molecule has 1 N–H and O–H groups in total. The fraction of sp³-hybridized carbons (Fsp3) is 0.636. The van der Waals surface area contributed by atoms with Crippen molar-refractivity contribution in [1.82, 2.24) is 0 Å². The number of aliphatic hydroxyl groups excluding tert-OH is 1. The van der Waals surface area contributed by atoms with Gasteiger partial charge < -0.3 is 0 Å². The minimum absolute atomic E-state index is 0.00706. The fourth-order valence-electron chi connectivity index (χ4n) is 3.79. The molecule has 0 amide bonds. The monoisotopic (exact) mass is 483 g/mol. The molecule has 0 heterocycles. The van der Waals surface area contributed by atoms with Gasteiger partial charge in [-0.05, 0) is 0 Å². The Kier molecular flexibility index (Phi) is 11.9. The standard InChI is InChI=1S/C10H10NO3.3C4H9.Sn/c1-2-5-10(12)8-6-3-4-7-9(8)11(13)14;3*1-3-4-2;/h2-7,10,12H,1H2;3*1,3-4H2,2H3;/b5-2+;;;;. The van der Waals surface area contributed by atoms with Crippen LogP contribution in [0.15, 0.2) is 36.4 Å². The van der Waals surface area contributed by atoms with Gasteiger partial charge >= 0.3 is 169 Å². The van der Waals surface area contributed by atoms with Crippen molar-refractivity contribution in [3.63, 3.8) is 0 Å². The van der Waals surface area contributed by atoms with E-state index in [0.29, 0.717) is 5.56 Å². The van der Waals surface area contributed by atoms with E-state index < -0.39 is 29.4 Å². The number of rotatable bonds is 14. The van der Waals surface area contributed by atoms with Crippen LogP contribution in [0.5, 0.6) is 0 Å². The predicted molar refractivity (Wildman–Crippen MR) is 117 cm³/mol. The number of nitro groups is 1. The molecular formula is C22H37NO3Sn. The summed E-state index contributed by atoms with van der Waals surface area (Å²) in [5, 5.41) is 21.7. The van der Waals surface area contributed by atoms with Crippen molar-refractivity contribution in [2.24, 2.45) is 0 Å². The van der Waals surface area contributed by atoms with Crippen molar-refractivity contribution in [1.29, 1.82) is 0 Å². The quantitative estimate of drug-likeness (QED) is 0.134. The van der Waals surface area contributed by atoms with Gasteiger partial charge in [0, 0.05) is 0 Å². The summed E-state index contributed by atoms with van der Waals surface area (Å²) in [6.45, 7) is 6.80. The van der Waals surface area contributed by atoms with Gasteiger partial charge in [0.1, 0.15) is 0 Å². The molecule has 4 nitrogen and oxygen atoms in total. The Hall–Kier alpha value is -0.881. The molecule has 0 fully saturated rings. The molecule has 0 aliphatic heterocycles. The first kappa shape index (κ1) is 24.2. The van der Waals surface area contributed by atoms with Crippen LogP contribution < -0.4 is 0 Å². The molecule has 27 heavy (non-hydrogen) atoms. The molecule has 1 rings (SSSR count). The zero-order valence-corrected chi connectivity index (χ0v) is 20.2. The van der Waals surface area contributed by atoms with E-state index in [1.54, 1.807) is 24.3 Å². The molecule has 0 saturated carbocycles. The summed E-state index contributed by atoms with van der Waals surface area (Å²) in [4.78, 5) is 10.8. The summed E-state index contributed by atoms with van der Waals surface area (Å²) >= 11 is -2.26. The number of para-hydroxylation sites is 1. The van der Waals surface area contributed by atoms with Crippen LogP contribution >= 0.6 is 0 Å². The summed E-state index contributed by atoms with van der Waals surface area (Å²) in [6.07, 6.45) is 10.8. The van der Waals surface area contributed by atoms with Crippen molar-refractivity contribution < 1.29 is 10.0 Å². The molecule has 0 aliphatic carbocycles. The molecule has 1 aromatic rings. The van der Waals surface area contributed by atoms with E-state index in [-0.39, 0.29) is 5.69 Å². The Labute approximate surface area is 169 Å². The average Bonchev–Trinajstić information content (AvgIpc) is 2.68. The van der Waals surface area contributed by atoms with Crippen molar-refractivity contribution in [2.45, 2.75) is 83.1 Å². The number of aliphatic hydroxyl groups is 1. The van der Waals surface area contributed by atoms with E-state index in [1.165, 1.54) is 57.9 Å². The first-order valence-corrected chi connectivity index (χ1v) is 18.6. The van der Waals surface area contributed by atoms with E-state index in [1.807, 2.05) is 0 Å². The van der Waals surface area contributed by atoms with Gasteiger partial charge in [-0.25, -0.2) is 0 Å².